The van der Waals surface area contributed by atoms with Crippen molar-refractivity contribution in [2.45, 2.75) is 25.7 Å². The first-order chi connectivity index (χ1) is 11.3. The number of aromatic amines is 1. The molecule has 0 unspecified atom stereocenters. The summed E-state index contributed by atoms with van der Waals surface area (Å²) in [6.45, 7) is 3.17. The number of Topliss-reactive ketones (excluding diaryl/α,β-unsaturated/α-hetero) is 1. The number of likely N-dealkylation sites (tertiary alicyclic amines) is 1. The minimum Gasteiger partial charge on any atom is -0.303 e. The average molecular weight is 307 g/mol. The Morgan fingerprint density at radius 3 is 2.83 bits per heavy atom. The summed E-state index contributed by atoms with van der Waals surface area (Å²) in [6, 6.07) is 10.1. The number of H-pyrrole nitrogens is 1. The van der Waals surface area contributed by atoms with Crippen LogP contribution in [0.3, 0.4) is 0 Å². The first-order valence-electron chi connectivity index (χ1n) is 8.43. The summed E-state index contributed by atoms with van der Waals surface area (Å²) in [7, 11) is 0. The number of carbonyl (C=O) groups excluding carboxylic acids is 1. The van der Waals surface area contributed by atoms with Gasteiger partial charge in [-0.25, -0.2) is 0 Å². The molecule has 1 aromatic heterocycles. The topological polar surface area (TPSA) is 49.0 Å². The zero-order valence-corrected chi connectivity index (χ0v) is 13.2. The molecule has 0 radical (unpaired) electrons. The largest absolute Gasteiger partial charge is 0.303 e. The normalized spacial score (nSPS) is 16.2. The predicted octanol–water partition coefficient (Wildman–Crippen LogP) is 3.77. The number of nitrogens with one attached hydrogen (secondary N) is 1. The molecule has 4 nitrogen and oxygen atoms in total. The minimum absolute atomic E-state index is 0.241. The van der Waals surface area contributed by atoms with E-state index in [9.17, 15) is 4.79 Å². The Labute approximate surface area is 135 Å². The van der Waals surface area contributed by atoms with Gasteiger partial charge in [-0.2, -0.15) is 5.10 Å². The van der Waals surface area contributed by atoms with Crippen LogP contribution in [0.15, 0.2) is 36.5 Å². The van der Waals surface area contributed by atoms with E-state index in [1.165, 1.54) is 19.3 Å². The SMILES string of the molecule is O=C(CCN1CCCCC1)c1ccc2c(ccc3[nH]ncc32)c1. The fourth-order valence-corrected chi connectivity index (χ4v) is 3.52. The molecule has 0 bridgehead atoms. The van der Waals surface area contributed by atoms with Crippen LogP contribution in [0.4, 0.5) is 0 Å². The van der Waals surface area contributed by atoms with E-state index in [-0.39, 0.29) is 5.78 Å². The maximum absolute atomic E-state index is 12.5. The molecule has 0 spiro atoms. The van der Waals surface area contributed by atoms with Crippen LogP contribution in [0.5, 0.6) is 0 Å². The lowest BCUT2D eigenvalue weighted by molar-refractivity contribution is 0.0959. The molecule has 2 heterocycles. The molecule has 23 heavy (non-hydrogen) atoms. The summed E-state index contributed by atoms with van der Waals surface area (Å²) in [6.07, 6.45) is 6.32. The molecule has 4 rings (SSSR count). The fourth-order valence-electron chi connectivity index (χ4n) is 3.52. The molecular formula is C19H21N3O. The van der Waals surface area contributed by atoms with E-state index in [0.717, 1.165) is 46.9 Å². The Morgan fingerprint density at radius 1 is 1.09 bits per heavy atom. The lowest BCUT2D eigenvalue weighted by atomic mass is 10.0. The number of hydrogen-bond donors (Lipinski definition) is 1. The van der Waals surface area contributed by atoms with E-state index in [1.807, 2.05) is 30.5 Å². The van der Waals surface area contributed by atoms with Crippen LogP contribution in [0.2, 0.25) is 0 Å². The number of ketones is 1. The first-order valence-corrected chi connectivity index (χ1v) is 8.43. The maximum atomic E-state index is 12.5. The van der Waals surface area contributed by atoms with Crippen molar-refractivity contribution in [3.8, 4) is 0 Å². The van der Waals surface area contributed by atoms with E-state index in [2.05, 4.69) is 21.2 Å². The van der Waals surface area contributed by atoms with Crippen molar-refractivity contribution in [2.24, 2.45) is 0 Å². The monoisotopic (exact) mass is 307 g/mol. The Hall–Kier alpha value is -2.20. The van der Waals surface area contributed by atoms with Gasteiger partial charge in [0.05, 0.1) is 11.7 Å². The van der Waals surface area contributed by atoms with Crippen LogP contribution in [-0.2, 0) is 0 Å². The second kappa shape index (κ2) is 6.13. The molecule has 0 saturated carbocycles. The van der Waals surface area contributed by atoms with Crippen LogP contribution in [0.25, 0.3) is 21.7 Å². The van der Waals surface area contributed by atoms with Gasteiger partial charge in [-0.3, -0.25) is 9.89 Å². The van der Waals surface area contributed by atoms with Gasteiger partial charge in [-0.1, -0.05) is 24.6 Å². The molecular weight excluding hydrogens is 286 g/mol. The summed E-state index contributed by atoms with van der Waals surface area (Å²) < 4.78 is 0. The third-order valence-electron chi connectivity index (χ3n) is 4.87. The van der Waals surface area contributed by atoms with Crippen molar-refractivity contribution >= 4 is 27.5 Å². The predicted molar refractivity (Wildman–Crippen MR) is 92.8 cm³/mol. The van der Waals surface area contributed by atoms with E-state index in [0.29, 0.717) is 6.42 Å². The molecule has 1 aliphatic rings. The summed E-state index contributed by atoms with van der Waals surface area (Å²) >= 11 is 0. The summed E-state index contributed by atoms with van der Waals surface area (Å²) in [5.74, 6) is 0.241. The average Bonchev–Trinajstić information content (AvgIpc) is 3.09. The Kier molecular flexibility index (Phi) is 3.83. The van der Waals surface area contributed by atoms with Gasteiger partial charge in [-0.05, 0) is 48.8 Å². The number of aromatic nitrogens is 2. The Morgan fingerprint density at radius 2 is 1.96 bits per heavy atom. The zero-order chi connectivity index (χ0) is 15.6. The third-order valence-corrected chi connectivity index (χ3v) is 4.87. The molecule has 0 atom stereocenters. The summed E-state index contributed by atoms with van der Waals surface area (Å²) in [4.78, 5) is 14.9. The van der Waals surface area contributed by atoms with Gasteiger partial charge in [0.15, 0.2) is 5.78 Å². The molecule has 4 heteroatoms. The molecule has 1 aliphatic heterocycles. The van der Waals surface area contributed by atoms with Crippen LogP contribution >= 0.6 is 0 Å². The molecule has 0 aliphatic carbocycles. The molecule has 1 fully saturated rings. The molecule has 1 N–H and O–H groups in total. The van der Waals surface area contributed by atoms with E-state index < -0.39 is 0 Å². The lowest BCUT2D eigenvalue weighted by Gasteiger charge is -2.25. The number of benzene rings is 2. The number of carbonyl (C=O) groups is 1. The smallest absolute Gasteiger partial charge is 0.164 e. The van der Waals surface area contributed by atoms with Gasteiger partial charge in [0.2, 0.25) is 0 Å². The van der Waals surface area contributed by atoms with Gasteiger partial charge in [0.25, 0.3) is 0 Å². The van der Waals surface area contributed by atoms with Crippen molar-refractivity contribution in [1.82, 2.24) is 15.1 Å². The number of hydrogen-bond acceptors (Lipinski definition) is 3. The standard InChI is InChI=1S/C19H21N3O/c23-19(8-11-22-9-2-1-3-10-22)15-4-6-16-14(12-15)5-7-18-17(16)13-20-21-18/h4-7,12-13H,1-3,8-11H2,(H,20,21). The minimum atomic E-state index is 0.241. The van der Waals surface area contributed by atoms with Crippen molar-refractivity contribution in [3.05, 3.63) is 42.1 Å². The zero-order valence-electron chi connectivity index (χ0n) is 13.2. The van der Waals surface area contributed by atoms with Crippen molar-refractivity contribution < 1.29 is 4.79 Å². The number of nitrogens with zero attached hydrogens (tertiary/aromatic N) is 2. The van der Waals surface area contributed by atoms with E-state index in [4.69, 9.17) is 0 Å². The molecule has 118 valence electrons. The second-order valence-corrected chi connectivity index (χ2v) is 6.41. The molecule has 2 aromatic carbocycles. The highest BCUT2D eigenvalue weighted by atomic mass is 16.1. The highest BCUT2D eigenvalue weighted by Gasteiger charge is 2.13. The van der Waals surface area contributed by atoms with Crippen LogP contribution < -0.4 is 0 Å². The van der Waals surface area contributed by atoms with E-state index in [1.54, 1.807) is 0 Å². The Bertz CT molecular complexity index is 846. The van der Waals surface area contributed by atoms with Gasteiger partial charge in [0.1, 0.15) is 0 Å². The number of rotatable bonds is 4. The lowest BCUT2D eigenvalue weighted by Crippen LogP contribution is -2.31. The maximum Gasteiger partial charge on any atom is 0.164 e. The van der Waals surface area contributed by atoms with Gasteiger partial charge < -0.3 is 4.90 Å². The van der Waals surface area contributed by atoms with Gasteiger partial charge in [0, 0.05) is 23.9 Å². The fraction of sp³-hybridized carbons (Fsp3) is 0.368. The van der Waals surface area contributed by atoms with Gasteiger partial charge >= 0.3 is 0 Å². The summed E-state index contributed by atoms with van der Waals surface area (Å²) in [5.41, 5.74) is 1.85. The number of piperidine rings is 1. The highest BCUT2D eigenvalue weighted by molar-refractivity contribution is 6.08. The van der Waals surface area contributed by atoms with Gasteiger partial charge in [-0.15, -0.1) is 0 Å². The van der Waals surface area contributed by atoms with Crippen LogP contribution in [-0.4, -0.2) is 40.5 Å². The first kappa shape index (κ1) is 14.4. The second-order valence-electron chi connectivity index (χ2n) is 6.41. The molecule has 1 saturated heterocycles. The number of fused-ring (bicyclic) bond motifs is 3. The quantitative estimate of drug-likeness (QED) is 0.746. The highest BCUT2D eigenvalue weighted by Crippen LogP contribution is 2.25. The van der Waals surface area contributed by atoms with Crippen molar-refractivity contribution in [2.75, 3.05) is 19.6 Å². The molecule has 0 amide bonds. The Balaban J connectivity index is 1.53. The molecule has 3 aromatic rings. The van der Waals surface area contributed by atoms with Crippen molar-refractivity contribution in [3.63, 3.8) is 0 Å². The van der Waals surface area contributed by atoms with E-state index >= 15 is 0 Å². The third kappa shape index (κ3) is 2.86. The summed E-state index contributed by atoms with van der Waals surface area (Å²) in [5, 5.41) is 10.4. The van der Waals surface area contributed by atoms with Crippen LogP contribution in [0, 0.1) is 0 Å². The van der Waals surface area contributed by atoms with Crippen molar-refractivity contribution in [1.29, 1.82) is 0 Å². The van der Waals surface area contributed by atoms with Crippen LogP contribution in [0.1, 0.15) is 36.0 Å².